The zero-order chi connectivity index (χ0) is 11.8. The molecule has 2 N–H and O–H groups in total. The molecule has 3 rings (SSSR count). The Morgan fingerprint density at radius 3 is 2.82 bits per heavy atom. The monoisotopic (exact) mass is 244 g/mol. The highest BCUT2D eigenvalue weighted by atomic mass is 32.1. The Morgan fingerprint density at radius 1 is 1.24 bits per heavy atom. The molecule has 2 aromatic rings. The molecule has 0 spiro atoms. The van der Waals surface area contributed by atoms with Gasteiger partial charge in [0.25, 0.3) is 5.91 Å². The predicted octanol–water partition coefficient (Wildman–Crippen LogP) is 2.53. The highest BCUT2D eigenvalue weighted by Gasteiger charge is 2.25. The molecule has 1 aliphatic rings. The average Bonchev–Trinajstić information content (AvgIpc) is 2.94. The molecule has 1 aliphatic heterocycles. The molecule has 1 aromatic heterocycles. The summed E-state index contributed by atoms with van der Waals surface area (Å²) in [6, 6.07) is 11.6. The maximum absolute atomic E-state index is 12.3. The van der Waals surface area contributed by atoms with Crippen molar-refractivity contribution in [1.29, 1.82) is 0 Å². The molecule has 86 valence electrons. The molecule has 2 heterocycles. The van der Waals surface area contributed by atoms with Gasteiger partial charge in [-0.1, -0.05) is 18.2 Å². The molecular weight excluding hydrogens is 232 g/mol. The molecule has 0 saturated heterocycles. The van der Waals surface area contributed by atoms with Crippen molar-refractivity contribution in [2.45, 2.75) is 6.42 Å². The Balaban J connectivity index is 1.95. The number of benzene rings is 1. The van der Waals surface area contributed by atoms with E-state index in [1.807, 2.05) is 23.1 Å². The number of nitrogen functional groups attached to an aromatic ring is 1. The highest BCUT2D eigenvalue weighted by Crippen LogP contribution is 2.30. The van der Waals surface area contributed by atoms with Gasteiger partial charge in [-0.2, -0.15) is 0 Å². The quantitative estimate of drug-likeness (QED) is 0.838. The van der Waals surface area contributed by atoms with Crippen LogP contribution in [0.1, 0.15) is 15.2 Å². The molecule has 4 heteroatoms. The largest absolute Gasteiger partial charge is 0.391 e. The first-order chi connectivity index (χ1) is 8.25. The summed E-state index contributed by atoms with van der Waals surface area (Å²) in [5, 5.41) is 0.681. The summed E-state index contributed by atoms with van der Waals surface area (Å²) in [4.78, 5) is 14.8. The lowest BCUT2D eigenvalue weighted by molar-refractivity contribution is 0.0993. The maximum Gasteiger partial charge on any atom is 0.268 e. The zero-order valence-corrected chi connectivity index (χ0v) is 10.0. The number of carbonyl (C=O) groups is 1. The molecule has 3 nitrogen and oxygen atoms in total. The second kappa shape index (κ2) is 3.89. The highest BCUT2D eigenvalue weighted by molar-refractivity contribution is 7.17. The molecule has 0 radical (unpaired) electrons. The van der Waals surface area contributed by atoms with Gasteiger partial charge < -0.3 is 10.6 Å². The van der Waals surface area contributed by atoms with E-state index in [-0.39, 0.29) is 5.91 Å². The maximum atomic E-state index is 12.3. The zero-order valence-electron chi connectivity index (χ0n) is 9.22. The van der Waals surface area contributed by atoms with Crippen LogP contribution in [0.4, 0.5) is 10.7 Å². The lowest BCUT2D eigenvalue weighted by Crippen LogP contribution is -2.28. The van der Waals surface area contributed by atoms with Crippen LogP contribution in [0.2, 0.25) is 0 Å². The number of thiophene rings is 1. The van der Waals surface area contributed by atoms with Gasteiger partial charge in [0.15, 0.2) is 0 Å². The Bertz CT molecular complexity index is 576. The smallest absolute Gasteiger partial charge is 0.268 e. The van der Waals surface area contributed by atoms with Crippen LogP contribution in [0.5, 0.6) is 0 Å². The molecule has 0 atom stereocenters. The number of anilines is 2. The average molecular weight is 244 g/mol. The molecule has 1 aromatic carbocycles. The minimum atomic E-state index is 0.0525. The Labute approximate surface area is 103 Å². The van der Waals surface area contributed by atoms with E-state index in [1.54, 1.807) is 12.1 Å². The second-order valence-electron chi connectivity index (χ2n) is 4.04. The molecule has 0 unspecified atom stereocenters. The van der Waals surface area contributed by atoms with E-state index in [1.165, 1.54) is 16.9 Å². The van der Waals surface area contributed by atoms with Crippen molar-refractivity contribution in [2.75, 3.05) is 17.2 Å². The first kappa shape index (κ1) is 10.4. The number of para-hydroxylation sites is 1. The number of rotatable bonds is 1. The van der Waals surface area contributed by atoms with Crippen molar-refractivity contribution in [1.82, 2.24) is 0 Å². The van der Waals surface area contributed by atoms with Gasteiger partial charge in [-0.3, -0.25) is 4.79 Å². The third-order valence-electron chi connectivity index (χ3n) is 2.97. The van der Waals surface area contributed by atoms with Crippen molar-refractivity contribution in [3.8, 4) is 0 Å². The molecule has 0 aliphatic carbocycles. The summed E-state index contributed by atoms with van der Waals surface area (Å²) in [6.07, 6.45) is 0.933. The van der Waals surface area contributed by atoms with Crippen molar-refractivity contribution in [2.24, 2.45) is 0 Å². The van der Waals surface area contributed by atoms with Crippen molar-refractivity contribution in [3.63, 3.8) is 0 Å². The third kappa shape index (κ3) is 1.70. The first-order valence-electron chi connectivity index (χ1n) is 5.51. The fourth-order valence-corrected chi connectivity index (χ4v) is 2.87. The van der Waals surface area contributed by atoms with Crippen molar-refractivity contribution in [3.05, 3.63) is 46.8 Å². The summed E-state index contributed by atoms with van der Waals surface area (Å²) in [5.41, 5.74) is 7.93. The summed E-state index contributed by atoms with van der Waals surface area (Å²) >= 11 is 1.34. The van der Waals surface area contributed by atoms with Crippen LogP contribution < -0.4 is 10.6 Å². The van der Waals surface area contributed by atoms with Crippen LogP contribution in [-0.2, 0) is 6.42 Å². The third-order valence-corrected chi connectivity index (χ3v) is 3.87. The fraction of sp³-hybridized carbons (Fsp3) is 0.154. The van der Waals surface area contributed by atoms with Gasteiger partial charge in [0, 0.05) is 12.2 Å². The topological polar surface area (TPSA) is 46.3 Å². The SMILES string of the molecule is Nc1ccc(C(=O)N2CCc3ccccc32)s1. The minimum Gasteiger partial charge on any atom is -0.391 e. The summed E-state index contributed by atoms with van der Waals surface area (Å²) < 4.78 is 0. The van der Waals surface area contributed by atoms with Gasteiger partial charge in [-0.05, 0) is 30.2 Å². The van der Waals surface area contributed by atoms with Gasteiger partial charge >= 0.3 is 0 Å². The van der Waals surface area contributed by atoms with E-state index in [0.29, 0.717) is 9.88 Å². The lowest BCUT2D eigenvalue weighted by atomic mass is 10.2. The standard InChI is InChI=1S/C13H12N2OS/c14-12-6-5-11(17-12)13(16)15-8-7-9-3-1-2-4-10(9)15/h1-6H,7-8,14H2. The number of carbonyl (C=O) groups excluding carboxylic acids is 1. The van der Waals surface area contributed by atoms with E-state index in [0.717, 1.165) is 18.7 Å². The molecule has 1 amide bonds. The Morgan fingerprint density at radius 2 is 2.06 bits per heavy atom. The number of nitrogens with two attached hydrogens (primary N) is 1. The molecule has 17 heavy (non-hydrogen) atoms. The van der Waals surface area contributed by atoms with Gasteiger partial charge in [-0.25, -0.2) is 0 Å². The van der Waals surface area contributed by atoms with E-state index < -0.39 is 0 Å². The van der Waals surface area contributed by atoms with Crippen molar-refractivity contribution < 1.29 is 4.79 Å². The lowest BCUT2D eigenvalue weighted by Gasteiger charge is -2.15. The molecular formula is C13H12N2OS. The molecule has 0 bridgehead atoms. The van der Waals surface area contributed by atoms with Crippen molar-refractivity contribution >= 4 is 27.9 Å². The van der Waals surface area contributed by atoms with E-state index >= 15 is 0 Å². The molecule has 0 fully saturated rings. The normalized spacial score (nSPS) is 13.8. The summed E-state index contributed by atoms with van der Waals surface area (Å²) in [6.45, 7) is 0.760. The van der Waals surface area contributed by atoms with Crippen LogP contribution in [0.25, 0.3) is 0 Å². The number of nitrogens with zero attached hydrogens (tertiary/aromatic N) is 1. The van der Waals surface area contributed by atoms with E-state index in [4.69, 9.17) is 5.73 Å². The number of amides is 1. The fourth-order valence-electron chi connectivity index (χ4n) is 2.15. The molecule has 0 saturated carbocycles. The summed E-state index contributed by atoms with van der Waals surface area (Å²) in [7, 11) is 0. The van der Waals surface area contributed by atoms with Crippen LogP contribution in [-0.4, -0.2) is 12.5 Å². The number of hydrogen-bond acceptors (Lipinski definition) is 3. The van der Waals surface area contributed by atoms with Crippen LogP contribution in [0.15, 0.2) is 36.4 Å². The second-order valence-corrected chi connectivity index (χ2v) is 5.15. The van der Waals surface area contributed by atoms with E-state index in [9.17, 15) is 4.79 Å². The number of hydrogen-bond donors (Lipinski definition) is 1. The Kier molecular flexibility index (Phi) is 2.37. The minimum absolute atomic E-state index is 0.0525. The first-order valence-corrected chi connectivity index (χ1v) is 6.32. The van der Waals surface area contributed by atoms with Gasteiger partial charge in [0.05, 0.1) is 9.88 Å². The van der Waals surface area contributed by atoms with Crippen LogP contribution >= 0.6 is 11.3 Å². The van der Waals surface area contributed by atoms with Gasteiger partial charge in [-0.15, -0.1) is 11.3 Å². The van der Waals surface area contributed by atoms with E-state index in [2.05, 4.69) is 6.07 Å². The van der Waals surface area contributed by atoms with Crippen LogP contribution in [0, 0.1) is 0 Å². The number of fused-ring (bicyclic) bond motifs is 1. The van der Waals surface area contributed by atoms with Gasteiger partial charge in [0.1, 0.15) is 0 Å². The summed E-state index contributed by atoms with van der Waals surface area (Å²) in [5.74, 6) is 0.0525. The predicted molar refractivity (Wildman–Crippen MR) is 70.6 cm³/mol. The van der Waals surface area contributed by atoms with Crippen LogP contribution in [0.3, 0.4) is 0 Å². The Hall–Kier alpha value is -1.81. The van der Waals surface area contributed by atoms with Gasteiger partial charge in [0.2, 0.25) is 0 Å².